The normalized spacial score (nSPS) is 9.75. The van der Waals surface area contributed by atoms with Crippen LogP contribution in [0.25, 0.3) is 0 Å². The number of anilines is 1. The fourth-order valence-corrected chi connectivity index (χ4v) is 1.90. The number of nitrogens with one attached hydrogen (secondary N) is 3. The van der Waals surface area contributed by atoms with Crippen LogP contribution in [0.2, 0.25) is 0 Å². The second-order valence-electron chi connectivity index (χ2n) is 4.91. The molecule has 24 heavy (non-hydrogen) atoms. The van der Waals surface area contributed by atoms with Crippen molar-refractivity contribution in [2.24, 2.45) is 0 Å². The highest BCUT2D eigenvalue weighted by Crippen LogP contribution is 2.13. The standard InChI is InChI=1S/C17H17N3O4/c1-11-6-3-4-9-14(11)18-16(22)17(23)20-19-15(21)12-7-5-8-13(10-12)24-2/h3-10H,1-2H3,(H,18,22)(H,19,21)(H,20,23). The predicted octanol–water partition coefficient (Wildman–Crippen LogP) is 1.40. The number of para-hydroxylation sites is 1. The molecule has 2 aromatic carbocycles. The zero-order valence-corrected chi connectivity index (χ0v) is 13.3. The summed E-state index contributed by atoms with van der Waals surface area (Å²) in [4.78, 5) is 35.5. The van der Waals surface area contributed by atoms with Crippen LogP contribution in [-0.4, -0.2) is 24.8 Å². The highest BCUT2D eigenvalue weighted by atomic mass is 16.5. The molecule has 124 valence electrons. The zero-order chi connectivity index (χ0) is 17.5. The minimum absolute atomic E-state index is 0.286. The van der Waals surface area contributed by atoms with Crippen molar-refractivity contribution in [3.05, 3.63) is 59.7 Å². The maximum Gasteiger partial charge on any atom is 0.328 e. The van der Waals surface area contributed by atoms with E-state index in [4.69, 9.17) is 4.74 Å². The molecule has 0 radical (unpaired) electrons. The molecule has 0 unspecified atom stereocenters. The zero-order valence-electron chi connectivity index (χ0n) is 13.3. The molecule has 0 aromatic heterocycles. The van der Waals surface area contributed by atoms with E-state index in [1.165, 1.54) is 13.2 Å². The third-order valence-corrected chi connectivity index (χ3v) is 3.22. The van der Waals surface area contributed by atoms with Gasteiger partial charge in [-0.25, -0.2) is 0 Å². The molecule has 7 nitrogen and oxygen atoms in total. The van der Waals surface area contributed by atoms with Gasteiger partial charge in [-0.3, -0.25) is 25.2 Å². The van der Waals surface area contributed by atoms with Gasteiger partial charge in [0.2, 0.25) is 0 Å². The Balaban J connectivity index is 1.91. The minimum Gasteiger partial charge on any atom is -0.497 e. The molecule has 0 aliphatic rings. The molecule has 0 aliphatic heterocycles. The van der Waals surface area contributed by atoms with Gasteiger partial charge in [0.05, 0.1) is 7.11 Å². The highest BCUT2D eigenvalue weighted by molar-refractivity contribution is 6.39. The summed E-state index contributed by atoms with van der Waals surface area (Å²) in [5, 5.41) is 2.47. The molecule has 2 rings (SSSR count). The summed E-state index contributed by atoms with van der Waals surface area (Å²) in [7, 11) is 1.48. The minimum atomic E-state index is -0.977. The van der Waals surface area contributed by atoms with E-state index in [2.05, 4.69) is 16.2 Å². The first-order valence-corrected chi connectivity index (χ1v) is 7.12. The maximum absolute atomic E-state index is 11.9. The second-order valence-corrected chi connectivity index (χ2v) is 4.91. The SMILES string of the molecule is COc1cccc(C(=O)NNC(=O)C(=O)Nc2ccccc2C)c1. The molecule has 0 heterocycles. The molecule has 0 saturated heterocycles. The number of benzene rings is 2. The molecule has 0 bridgehead atoms. The van der Waals surface area contributed by atoms with E-state index in [0.717, 1.165) is 5.56 Å². The van der Waals surface area contributed by atoms with Crippen LogP contribution in [0, 0.1) is 6.92 Å². The van der Waals surface area contributed by atoms with Gasteiger partial charge in [0.1, 0.15) is 5.75 Å². The number of rotatable bonds is 3. The predicted molar refractivity (Wildman–Crippen MR) is 88.4 cm³/mol. The van der Waals surface area contributed by atoms with Crippen LogP contribution in [0.15, 0.2) is 48.5 Å². The molecule has 3 amide bonds. The Morgan fingerprint density at radius 3 is 2.38 bits per heavy atom. The lowest BCUT2D eigenvalue weighted by Crippen LogP contribution is -2.46. The third kappa shape index (κ3) is 4.33. The van der Waals surface area contributed by atoms with E-state index < -0.39 is 17.7 Å². The van der Waals surface area contributed by atoms with Gasteiger partial charge >= 0.3 is 11.8 Å². The molecular formula is C17H17N3O4. The molecule has 3 N–H and O–H groups in total. The summed E-state index contributed by atoms with van der Waals surface area (Å²) in [6, 6.07) is 13.4. The van der Waals surface area contributed by atoms with Gasteiger partial charge in [0, 0.05) is 11.3 Å². The van der Waals surface area contributed by atoms with E-state index in [9.17, 15) is 14.4 Å². The van der Waals surface area contributed by atoms with Crippen molar-refractivity contribution in [1.29, 1.82) is 0 Å². The van der Waals surface area contributed by atoms with Crippen LogP contribution in [0.5, 0.6) is 5.75 Å². The number of carbonyl (C=O) groups is 3. The van der Waals surface area contributed by atoms with Gasteiger partial charge in [0.15, 0.2) is 0 Å². The summed E-state index contributed by atoms with van der Waals surface area (Å²) >= 11 is 0. The summed E-state index contributed by atoms with van der Waals surface area (Å²) in [5.41, 5.74) is 5.87. The van der Waals surface area contributed by atoms with E-state index in [1.807, 2.05) is 6.07 Å². The van der Waals surface area contributed by atoms with Crippen molar-refractivity contribution in [3.8, 4) is 5.75 Å². The Hall–Kier alpha value is -3.35. The average Bonchev–Trinajstić information content (AvgIpc) is 2.61. The molecule has 0 spiro atoms. The number of hydrogen-bond donors (Lipinski definition) is 3. The first-order valence-electron chi connectivity index (χ1n) is 7.12. The quantitative estimate of drug-likeness (QED) is 0.586. The Morgan fingerprint density at radius 1 is 0.917 bits per heavy atom. The van der Waals surface area contributed by atoms with Crippen LogP contribution in [0.3, 0.4) is 0 Å². The molecule has 0 atom stereocenters. The van der Waals surface area contributed by atoms with Crippen LogP contribution in [-0.2, 0) is 9.59 Å². The van der Waals surface area contributed by atoms with Crippen molar-refractivity contribution in [1.82, 2.24) is 10.9 Å². The topological polar surface area (TPSA) is 96.5 Å². The van der Waals surface area contributed by atoms with Crippen LogP contribution in [0.4, 0.5) is 5.69 Å². The van der Waals surface area contributed by atoms with Gasteiger partial charge in [0.25, 0.3) is 5.91 Å². The highest BCUT2D eigenvalue weighted by Gasteiger charge is 2.16. The maximum atomic E-state index is 11.9. The van der Waals surface area contributed by atoms with Crippen molar-refractivity contribution in [2.75, 3.05) is 12.4 Å². The van der Waals surface area contributed by atoms with Gasteiger partial charge in [-0.05, 0) is 36.8 Å². The van der Waals surface area contributed by atoms with Crippen LogP contribution < -0.4 is 20.9 Å². The molecule has 2 aromatic rings. The second kappa shape index (κ2) is 7.77. The number of ether oxygens (including phenoxy) is 1. The average molecular weight is 327 g/mol. The molecule has 0 fully saturated rings. The lowest BCUT2D eigenvalue weighted by atomic mass is 10.2. The number of carbonyl (C=O) groups excluding carboxylic acids is 3. The first kappa shape index (κ1) is 17.0. The summed E-state index contributed by atoms with van der Waals surface area (Å²) in [5.74, 6) is -1.91. The van der Waals surface area contributed by atoms with Gasteiger partial charge < -0.3 is 10.1 Å². The lowest BCUT2D eigenvalue weighted by Gasteiger charge is -2.10. The lowest BCUT2D eigenvalue weighted by molar-refractivity contribution is -0.136. The number of methoxy groups -OCH3 is 1. The Bertz CT molecular complexity index is 774. The van der Waals surface area contributed by atoms with Crippen molar-refractivity contribution in [3.63, 3.8) is 0 Å². The smallest absolute Gasteiger partial charge is 0.328 e. The van der Waals surface area contributed by atoms with E-state index in [1.54, 1.807) is 43.3 Å². The Labute approximate surface area is 139 Å². The van der Waals surface area contributed by atoms with Crippen LogP contribution >= 0.6 is 0 Å². The number of hydrogen-bond acceptors (Lipinski definition) is 4. The van der Waals surface area contributed by atoms with Gasteiger partial charge in [-0.2, -0.15) is 0 Å². The van der Waals surface area contributed by atoms with E-state index in [-0.39, 0.29) is 5.56 Å². The van der Waals surface area contributed by atoms with Crippen molar-refractivity contribution in [2.45, 2.75) is 6.92 Å². The summed E-state index contributed by atoms with van der Waals surface area (Å²) in [6.07, 6.45) is 0. The van der Waals surface area contributed by atoms with Crippen LogP contribution in [0.1, 0.15) is 15.9 Å². The number of hydrazine groups is 1. The summed E-state index contributed by atoms with van der Waals surface area (Å²) in [6.45, 7) is 1.80. The molecule has 0 aliphatic carbocycles. The fraction of sp³-hybridized carbons (Fsp3) is 0.118. The third-order valence-electron chi connectivity index (χ3n) is 3.22. The van der Waals surface area contributed by atoms with Crippen molar-refractivity contribution >= 4 is 23.4 Å². The first-order chi connectivity index (χ1) is 11.5. The Kier molecular flexibility index (Phi) is 5.51. The largest absolute Gasteiger partial charge is 0.497 e. The van der Waals surface area contributed by atoms with E-state index in [0.29, 0.717) is 11.4 Å². The Morgan fingerprint density at radius 2 is 1.67 bits per heavy atom. The van der Waals surface area contributed by atoms with Crippen molar-refractivity contribution < 1.29 is 19.1 Å². The molecule has 0 saturated carbocycles. The number of aryl methyl sites for hydroxylation is 1. The molecular weight excluding hydrogens is 310 g/mol. The van der Waals surface area contributed by atoms with E-state index >= 15 is 0 Å². The summed E-state index contributed by atoms with van der Waals surface area (Å²) < 4.78 is 5.01. The monoisotopic (exact) mass is 327 g/mol. The fourth-order valence-electron chi connectivity index (χ4n) is 1.90. The van der Waals surface area contributed by atoms with Gasteiger partial charge in [-0.15, -0.1) is 0 Å². The molecule has 7 heteroatoms. The van der Waals surface area contributed by atoms with Gasteiger partial charge in [-0.1, -0.05) is 24.3 Å². The number of amides is 3.